The van der Waals surface area contributed by atoms with Crippen LogP contribution in [0.5, 0.6) is 5.88 Å². The molecule has 0 bridgehead atoms. The number of fused-ring (bicyclic) bond motifs is 1. The highest BCUT2D eigenvalue weighted by Crippen LogP contribution is 2.36. The first-order valence-electron chi connectivity index (χ1n) is 13.9. The van der Waals surface area contributed by atoms with Crippen molar-refractivity contribution in [2.24, 2.45) is 0 Å². The number of benzene rings is 1. The molecule has 1 fully saturated rings. The number of halogens is 4. The van der Waals surface area contributed by atoms with Gasteiger partial charge in [0.1, 0.15) is 6.10 Å². The van der Waals surface area contributed by atoms with Crippen LogP contribution in [0.2, 0.25) is 0 Å². The van der Waals surface area contributed by atoms with E-state index in [-0.39, 0.29) is 40.6 Å². The number of rotatable bonds is 5. The number of carbonyl (C=O) groups excluding carboxylic acids is 1. The van der Waals surface area contributed by atoms with Gasteiger partial charge in [-0.15, -0.1) is 0 Å². The number of hydrogen-bond acceptors (Lipinski definition) is 6. The summed E-state index contributed by atoms with van der Waals surface area (Å²) in [5, 5.41) is 4.55. The minimum atomic E-state index is -4.63. The van der Waals surface area contributed by atoms with Gasteiger partial charge in [0.2, 0.25) is 11.8 Å². The molecule has 4 aromatic rings. The van der Waals surface area contributed by atoms with Crippen LogP contribution in [0.3, 0.4) is 0 Å². The van der Waals surface area contributed by atoms with E-state index in [0.29, 0.717) is 22.8 Å². The topological polar surface area (TPSA) is 95.1 Å². The Bertz CT molecular complexity index is 1780. The Morgan fingerprint density at radius 2 is 1.88 bits per heavy atom. The number of hydrogen-bond donors (Lipinski definition) is 0. The lowest BCUT2D eigenvalue weighted by atomic mass is 9.96. The molecule has 2 aliphatic rings. The van der Waals surface area contributed by atoms with Crippen molar-refractivity contribution < 1.29 is 22.7 Å². The van der Waals surface area contributed by atoms with E-state index in [1.807, 2.05) is 19.9 Å². The average Bonchev–Trinajstić information content (AvgIpc) is 3.28. The summed E-state index contributed by atoms with van der Waals surface area (Å²) < 4.78 is 49.4. The van der Waals surface area contributed by atoms with Crippen molar-refractivity contribution in [3.05, 3.63) is 91.2 Å². The second-order valence-corrected chi connectivity index (χ2v) is 11.9. The summed E-state index contributed by atoms with van der Waals surface area (Å²) in [4.78, 5) is 38.4. The van der Waals surface area contributed by atoms with Crippen LogP contribution in [-0.4, -0.2) is 47.3 Å². The van der Waals surface area contributed by atoms with Crippen molar-refractivity contribution in [1.29, 1.82) is 0 Å². The molecule has 224 valence electrons. The molecular formula is C30H28BrF3N6O3. The van der Waals surface area contributed by atoms with Crippen LogP contribution < -0.4 is 10.3 Å². The Balaban J connectivity index is 1.41. The maximum atomic E-state index is 14.1. The summed E-state index contributed by atoms with van der Waals surface area (Å²) in [7, 11) is 0. The third-order valence-corrected chi connectivity index (χ3v) is 8.58. The maximum absolute atomic E-state index is 14.1. The lowest BCUT2D eigenvalue weighted by Crippen LogP contribution is -2.46. The number of carbonyl (C=O) groups is 1. The van der Waals surface area contributed by atoms with Gasteiger partial charge in [0, 0.05) is 33.4 Å². The van der Waals surface area contributed by atoms with Crippen molar-refractivity contribution >= 4 is 21.8 Å². The number of nitrogens with zero attached hydrogens (tertiary/aromatic N) is 6. The highest BCUT2D eigenvalue weighted by molar-refractivity contribution is 9.10. The van der Waals surface area contributed by atoms with E-state index < -0.39 is 23.7 Å². The highest BCUT2D eigenvalue weighted by Gasteiger charge is 2.36. The van der Waals surface area contributed by atoms with E-state index >= 15 is 0 Å². The Kier molecular flexibility index (Phi) is 7.39. The normalized spacial score (nSPS) is 17.0. The van der Waals surface area contributed by atoms with Gasteiger partial charge in [-0.25, -0.2) is 19.2 Å². The van der Waals surface area contributed by atoms with Gasteiger partial charge in [-0.2, -0.15) is 18.3 Å². The van der Waals surface area contributed by atoms with Gasteiger partial charge in [-0.05, 0) is 76.8 Å². The van der Waals surface area contributed by atoms with Crippen molar-refractivity contribution in [3.63, 3.8) is 0 Å². The van der Waals surface area contributed by atoms with E-state index in [1.54, 1.807) is 29.9 Å². The summed E-state index contributed by atoms with van der Waals surface area (Å²) in [5.74, 6) is 0.110. The van der Waals surface area contributed by atoms with Crippen LogP contribution in [-0.2, 0) is 19.1 Å². The Labute approximate surface area is 253 Å². The first kappa shape index (κ1) is 29.1. The number of aromatic nitrogens is 5. The molecule has 1 atom stereocenters. The van der Waals surface area contributed by atoms with Crippen molar-refractivity contribution in [1.82, 2.24) is 29.2 Å². The molecule has 1 aliphatic heterocycles. The molecule has 0 radical (unpaired) electrons. The van der Waals surface area contributed by atoms with Gasteiger partial charge < -0.3 is 9.64 Å². The van der Waals surface area contributed by atoms with E-state index in [1.165, 1.54) is 21.6 Å². The van der Waals surface area contributed by atoms with Crippen LogP contribution >= 0.6 is 15.9 Å². The fraction of sp³-hybridized carbons (Fsp3) is 0.367. The third kappa shape index (κ3) is 5.46. The van der Waals surface area contributed by atoms with Gasteiger partial charge in [0.05, 0.1) is 35.4 Å². The zero-order valence-electron chi connectivity index (χ0n) is 23.7. The fourth-order valence-electron chi connectivity index (χ4n) is 5.40. The SMILES string of the molecule is Cc1cc(C)n(-c2nc3c(c(=O)n2-c2ccc(OC4CCC4)nc2)C[C@@H](C)N(C(=O)c2ccc(Br)c(C(F)(F)F)c2)C3)n1. The van der Waals surface area contributed by atoms with Gasteiger partial charge in [0.15, 0.2) is 0 Å². The molecule has 9 nitrogen and oxygen atoms in total. The number of amides is 1. The monoisotopic (exact) mass is 656 g/mol. The van der Waals surface area contributed by atoms with Crippen molar-refractivity contribution in [2.45, 2.75) is 71.3 Å². The minimum absolute atomic E-state index is 0.0540. The van der Waals surface area contributed by atoms with Crippen LogP contribution in [0.1, 0.15) is 64.8 Å². The molecule has 13 heteroatoms. The van der Waals surface area contributed by atoms with Crippen molar-refractivity contribution in [2.75, 3.05) is 0 Å². The summed E-state index contributed by atoms with van der Waals surface area (Å²) in [5.41, 5.74) is 1.35. The zero-order valence-corrected chi connectivity index (χ0v) is 25.2. The smallest absolute Gasteiger partial charge is 0.417 e. The van der Waals surface area contributed by atoms with E-state index in [2.05, 4.69) is 26.0 Å². The van der Waals surface area contributed by atoms with E-state index in [4.69, 9.17) is 9.72 Å². The molecule has 1 aromatic carbocycles. The Morgan fingerprint density at radius 1 is 1.12 bits per heavy atom. The molecule has 0 saturated heterocycles. The number of aryl methyl sites for hydroxylation is 2. The summed E-state index contributed by atoms with van der Waals surface area (Å²) >= 11 is 2.92. The molecule has 43 heavy (non-hydrogen) atoms. The van der Waals surface area contributed by atoms with Crippen LogP contribution in [0.25, 0.3) is 11.6 Å². The maximum Gasteiger partial charge on any atom is 0.417 e. The molecule has 0 unspecified atom stereocenters. The summed E-state index contributed by atoms with van der Waals surface area (Å²) in [6, 6.07) is 8.26. The van der Waals surface area contributed by atoms with Crippen molar-refractivity contribution in [3.8, 4) is 17.5 Å². The average molecular weight is 657 g/mol. The van der Waals surface area contributed by atoms with Gasteiger partial charge in [-0.3, -0.25) is 9.59 Å². The Morgan fingerprint density at radius 3 is 2.49 bits per heavy atom. The minimum Gasteiger partial charge on any atom is -0.474 e. The third-order valence-electron chi connectivity index (χ3n) is 7.89. The van der Waals surface area contributed by atoms with Crippen LogP contribution in [0, 0.1) is 13.8 Å². The molecule has 0 spiro atoms. The predicted molar refractivity (Wildman–Crippen MR) is 155 cm³/mol. The fourth-order valence-corrected chi connectivity index (χ4v) is 5.87. The first-order valence-corrected chi connectivity index (χ1v) is 14.7. The number of ether oxygens (including phenoxy) is 1. The summed E-state index contributed by atoms with van der Waals surface area (Å²) in [6.07, 6.45) is 0.361. The lowest BCUT2D eigenvalue weighted by Gasteiger charge is -2.34. The van der Waals surface area contributed by atoms with Crippen LogP contribution in [0.15, 0.2) is 51.9 Å². The van der Waals surface area contributed by atoms with Gasteiger partial charge in [0.25, 0.3) is 11.5 Å². The lowest BCUT2D eigenvalue weighted by molar-refractivity contribution is -0.138. The number of pyridine rings is 1. The quantitative estimate of drug-likeness (QED) is 0.272. The largest absolute Gasteiger partial charge is 0.474 e. The second kappa shape index (κ2) is 10.9. The van der Waals surface area contributed by atoms with E-state index in [0.717, 1.165) is 36.7 Å². The molecule has 1 amide bonds. The molecule has 6 rings (SSSR count). The predicted octanol–water partition coefficient (Wildman–Crippen LogP) is 5.73. The first-order chi connectivity index (χ1) is 20.4. The highest BCUT2D eigenvalue weighted by atomic mass is 79.9. The number of alkyl halides is 3. The van der Waals surface area contributed by atoms with Gasteiger partial charge >= 0.3 is 6.18 Å². The summed E-state index contributed by atoms with van der Waals surface area (Å²) in [6.45, 7) is 5.38. The zero-order chi connectivity index (χ0) is 30.6. The van der Waals surface area contributed by atoms with E-state index in [9.17, 15) is 22.8 Å². The molecule has 3 aromatic heterocycles. The molecule has 1 aliphatic carbocycles. The molecule has 1 saturated carbocycles. The Hall–Kier alpha value is -4.00. The molecule has 4 heterocycles. The molecular weight excluding hydrogens is 629 g/mol. The standard InChI is InChI=1S/C30H28BrF3N6O3/c1-16-11-18(3)40(37-16)29-36-25-15-38(27(41)19-7-9-24(31)23(13-19)30(32,33)34)17(2)12-22(25)28(42)39(29)20-8-10-26(35-14-20)43-21-5-4-6-21/h7-11,13-14,17,21H,4-6,12,15H2,1-3H3/t17-/m1/s1. The molecule has 0 N–H and O–H groups in total. The van der Waals surface area contributed by atoms with Crippen LogP contribution in [0.4, 0.5) is 13.2 Å². The second-order valence-electron chi connectivity index (χ2n) is 11.0. The van der Waals surface area contributed by atoms with Gasteiger partial charge in [-0.1, -0.05) is 15.9 Å².